The van der Waals surface area contributed by atoms with Gasteiger partial charge < -0.3 is 5.32 Å². The van der Waals surface area contributed by atoms with Gasteiger partial charge >= 0.3 is 0 Å². The van der Waals surface area contributed by atoms with E-state index in [1.165, 1.54) is 11.8 Å². The number of thioether (sulfide) groups is 1. The Bertz CT molecular complexity index is 1070. The lowest BCUT2D eigenvalue weighted by Crippen LogP contribution is -2.29. The normalized spacial score (nSPS) is 12.8. The minimum Gasteiger partial charge on any atom is -0.325 e. The van der Waals surface area contributed by atoms with Crippen LogP contribution in [0.4, 0.5) is 11.4 Å². The van der Waals surface area contributed by atoms with Gasteiger partial charge in [-0.15, -0.1) is 11.8 Å². The minimum atomic E-state index is -0.427. The van der Waals surface area contributed by atoms with Gasteiger partial charge in [0.15, 0.2) is 0 Å². The largest absolute Gasteiger partial charge is 0.325 e. The van der Waals surface area contributed by atoms with Crippen LogP contribution in [0.5, 0.6) is 0 Å². The third-order valence-corrected chi connectivity index (χ3v) is 5.55. The third-order valence-electron chi connectivity index (χ3n) is 4.55. The van der Waals surface area contributed by atoms with Gasteiger partial charge in [-0.2, -0.15) is 0 Å². The third kappa shape index (κ3) is 3.93. The monoisotopic (exact) mass is 402 g/mol. The van der Waals surface area contributed by atoms with Gasteiger partial charge in [-0.3, -0.25) is 14.4 Å². The van der Waals surface area contributed by atoms with Crippen LogP contribution in [0.2, 0.25) is 0 Å². The number of benzene rings is 3. The molecule has 3 amide bonds. The van der Waals surface area contributed by atoms with Crippen molar-refractivity contribution in [1.82, 2.24) is 0 Å². The number of hydrogen-bond acceptors (Lipinski definition) is 4. The fourth-order valence-corrected chi connectivity index (χ4v) is 4.01. The number of anilines is 2. The van der Waals surface area contributed by atoms with Crippen molar-refractivity contribution in [3.63, 3.8) is 0 Å². The topological polar surface area (TPSA) is 66.5 Å². The molecule has 29 heavy (non-hydrogen) atoms. The number of rotatable bonds is 6. The van der Waals surface area contributed by atoms with Crippen molar-refractivity contribution in [1.29, 1.82) is 0 Å². The number of para-hydroxylation sites is 1. The molecule has 1 aliphatic rings. The highest BCUT2D eigenvalue weighted by Crippen LogP contribution is 2.32. The summed E-state index contributed by atoms with van der Waals surface area (Å²) in [6.07, 6.45) is 0. The highest BCUT2D eigenvalue weighted by atomic mass is 32.2. The lowest BCUT2D eigenvalue weighted by molar-refractivity contribution is -0.113. The summed E-state index contributed by atoms with van der Waals surface area (Å²) in [6.45, 7) is 0. The minimum absolute atomic E-state index is 0.210. The fraction of sp³-hybridized carbons (Fsp3) is 0.0870. The molecule has 1 N–H and O–H groups in total. The van der Waals surface area contributed by atoms with Gasteiger partial charge in [-0.25, -0.2) is 4.90 Å². The molecule has 6 heteroatoms. The Balaban J connectivity index is 1.48. The number of imide groups is 1. The average molecular weight is 402 g/mol. The molecular formula is C23H18N2O3S. The zero-order valence-electron chi connectivity index (χ0n) is 15.5. The van der Waals surface area contributed by atoms with Gasteiger partial charge in [-0.1, -0.05) is 54.6 Å². The maximum atomic E-state index is 13.0. The second kappa shape index (κ2) is 8.32. The van der Waals surface area contributed by atoms with Gasteiger partial charge in [0.2, 0.25) is 5.91 Å². The van der Waals surface area contributed by atoms with Crippen LogP contribution in [0, 0.1) is 0 Å². The van der Waals surface area contributed by atoms with Crippen molar-refractivity contribution < 1.29 is 14.4 Å². The van der Waals surface area contributed by atoms with Gasteiger partial charge in [-0.05, 0) is 29.8 Å². The van der Waals surface area contributed by atoms with E-state index >= 15 is 0 Å². The van der Waals surface area contributed by atoms with E-state index in [1.807, 2.05) is 36.4 Å². The van der Waals surface area contributed by atoms with E-state index in [9.17, 15) is 14.4 Å². The van der Waals surface area contributed by atoms with Crippen molar-refractivity contribution in [2.75, 3.05) is 16.0 Å². The number of nitrogens with one attached hydrogen (secondary N) is 1. The van der Waals surface area contributed by atoms with Crippen LogP contribution in [-0.2, 0) is 10.5 Å². The van der Waals surface area contributed by atoms with Crippen molar-refractivity contribution in [3.8, 4) is 0 Å². The van der Waals surface area contributed by atoms with Crippen LogP contribution < -0.4 is 10.2 Å². The van der Waals surface area contributed by atoms with Crippen molar-refractivity contribution >= 4 is 40.9 Å². The maximum absolute atomic E-state index is 13.0. The molecule has 0 atom stereocenters. The predicted octanol–water partition coefficient (Wildman–Crippen LogP) is 4.36. The van der Waals surface area contributed by atoms with Crippen molar-refractivity contribution in [3.05, 3.63) is 95.6 Å². The van der Waals surface area contributed by atoms with Crippen LogP contribution in [0.15, 0.2) is 78.9 Å². The number of amides is 3. The van der Waals surface area contributed by atoms with Crippen LogP contribution in [-0.4, -0.2) is 23.5 Å². The second-order valence-electron chi connectivity index (χ2n) is 6.54. The number of carbonyl (C=O) groups is 3. The molecule has 0 aliphatic carbocycles. The Morgan fingerprint density at radius 3 is 2.24 bits per heavy atom. The molecule has 0 bridgehead atoms. The number of fused-ring (bicyclic) bond motifs is 1. The first-order valence-electron chi connectivity index (χ1n) is 9.13. The number of carbonyl (C=O) groups excluding carboxylic acids is 3. The van der Waals surface area contributed by atoms with E-state index in [0.717, 1.165) is 16.2 Å². The predicted molar refractivity (Wildman–Crippen MR) is 115 cm³/mol. The van der Waals surface area contributed by atoms with E-state index in [0.29, 0.717) is 16.9 Å². The Morgan fingerprint density at radius 1 is 0.828 bits per heavy atom. The van der Waals surface area contributed by atoms with E-state index in [1.54, 1.807) is 42.5 Å². The Hall–Kier alpha value is -3.38. The maximum Gasteiger partial charge on any atom is 0.268 e. The average Bonchev–Trinajstić information content (AvgIpc) is 3.00. The van der Waals surface area contributed by atoms with Crippen molar-refractivity contribution in [2.45, 2.75) is 5.75 Å². The summed E-state index contributed by atoms with van der Waals surface area (Å²) < 4.78 is 0. The molecule has 0 radical (unpaired) electrons. The summed E-state index contributed by atoms with van der Waals surface area (Å²) in [6, 6.07) is 23.6. The lowest BCUT2D eigenvalue weighted by Gasteiger charge is -2.13. The van der Waals surface area contributed by atoms with Crippen molar-refractivity contribution in [2.24, 2.45) is 0 Å². The van der Waals surface area contributed by atoms with Gasteiger partial charge in [0.25, 0.3) is 11.8 Å². The molecular weight excluding hydrogens is 384 g/mol. The molecule has 144 valence electrons. The second-order valence-corrected chi connectivity index (χ2v) is 7.52. The van der Waals surface area contributed by atoms with Crippen LogP contribution in [0.25, 0.3) is 0 Å². The van der Waals surface area contributed by atoms with Crippen LogP contribution in [0.1, 0.15) is 26.3 Å². The summed E-state index contributed by atoms with van der Waals surface area (Å²) in [5.41, 5.74) is 2.56. The Morgan fingerprint density at radius 2 is 1.52 bits per heavy atom. The van der Waals surface area contributed by atoms with E-state index in [-0.39, 0.29) is 23.1 Å². The Kier molecular flexibility index (Phi) is 5.44. The molecule has 1 aliphatic heterocycles. The van der Waals surface area contributed by atoms with Crippen LogP contribution in [0.3, 0.4) is 0 Å². The Labute approximate surface area is 172 Å². The zero-order valence-corrected chi connectivity index (χ0v) is 16.3. The smallest absolute Gasteiger partial charge is 0.268 e. The standard InChI is InChI=1S/C23H18N2O3S/c26-20(15-29-14-16-8-3-1-4-9-16)24-19-13-7-12-18-21(19)23(28)25(22(18)27)17-10-5-2-6-11-17/h1-13H,14-15H2,(H,24,26). The SMILES string of the molecule is O=C(CSCc1ccccc1)Nc1cccc2c1C(=O)N(c1ccccc1)C2=O. The molecule has 3 aromatic carbocycles. The molecule has 0 aromatic heterocycles. The first kappa shape index (κ1) is 19.0. The summed E-state index contributed by atoms with van der Waals surface area (Å²) >= 11 is 1.49. The fourth-order valence-electron chi connectivity index (χ4n) is 3.22. The molecule has 0 saturated carbocycles. The summed E-state index contributed by atoms with van der Waals surface area (Å²) in [7, 11) is 0. The molecule has 0 fully saturated rings. The van der Waals surface area contributed by atoms with Gasteiger partial charge in [0.05, 0.1) is 28.3 Å². The highest BCUT2D eigenvalue weighted by molar-refractivity contribution is 7.99. The van der Waals surface area contributed by atoms with Crippen LogP contribution >= 0.6 is 11.8 Å². The van der Waals surface area contributed by atoms with E-state index in [2.05, 4.69) is 5.32 Å². The van der Waals surface area contributed by atoms with Gasteiger partial charge in [0.1, 0.15) is 0 Å². The molecule has 1 heterocycles. The molecule has 5 nitrogen and oxygen atoms in total. The highest BCUT2D eigenvalue weighted by Gasteiger charge is 2.38. The summed E-state index contributed by atoms with van der Waals surface area (Å²) in [4.78, 5) is 39.3. The number of hydrogen-bond donors (Lipinski definition) is 1. The summed E-state index contributed by atoms with van der Waals surface area (Å²) in [5, 5.41) is 2.79. The summed E-state index contributed by atoms with van der Waals surface area (Å²) in [5.74, 6) is -0.0452. The molecule has 0 saturated heterocycles. The zero-order chi connectivity index (χ0) is 20.2. The quantitative estimate of drug-likeness (QED) is 0.622. The molecule has 3 aromatic rings. The molecule has 0 spiro atoms. The first-order chi connectivity index (χ1) is 14.1. The van der Waals surface area contributed by atoms with E-state index < -0.39 is 5.91 Å². The van der Waals surface area contributed by atoms with E-state index in [4.69, 9.17) is 0 Å². The van der Waals surface area contributed by atoms with Gasteiger partial charge in [0, 0.05) is 5.75 Å². The first-order valence-corrected chi connectivity index (χ1v) is 10.3. The number of nitrogens with zero attached hydrogens (tertiary/aromatic N) is 1. The lowest BCUT2D eigenvalue weighted by atomic mass is 10.1. The molecule has 0 unspecified atom stereocenters. The molecule has 4 rings (SSSR count).